The maximum absolute atomic E-state index is 11.9. The molecule has 2 heterocycles. The van der Waals surface area contributed by atoms with Gasteiger partial charge in [-0.15, -0.1) is 0 Å². The molecule has 1 saturated heterocycles. The van der Waals surface area contributed by atoms with E-state index in [-0.39, 0.29) is 23.4 Å². The Morgan fingerprint density at radius 2 is 2.44 bits per heavy atom. The third-order valence-corrected chi connectivity index (χ3v) is 2.93. The van der Waals surface area contributed by atoms with Crippen LogP contribution in [0.1, 0.15) is 12.5 Å². The zero-order valence-corrected chi connectivity index (χ0v) is 9.26. The molecule has 1 aromatic heterocycles. The number of rotatable bonds is 2. The van der Waals surface area contributed by atoms with Crippen molar-refractivity contribution in [2.75, 3.05) is 26.1 Å². The third-order valence-electron chi connectivity index (χ3n) is 2.93. The Bertz CT molecular complexity index is 416. The molecule has 0 aliphatic carbocycles. The predicted octanol–water partition coefficient (Wildman–Crippen LogP) is 0.407. The molecule has 16 heavy (non-hydrogen) atoms. The number of anilines is 1. The van der Waals surface area contributed by atoms with Crippen LogP contribution in [0, 0.1) is 0 Å². The van der Waals surface area contributed by atoms with Crippen LogP contribution in [-0.2, 0) is 9.47 Å². The molecule has 2 rings (SSSR count). The number of hydrogen-bond acceptors (Lipinski definition) is 4. The van der Waals surface area contributed by atoms with E-state index in [1.54, 1.807) is 30.0 Å². The SMILES string of the molecule is CO[C@@H]1COCCC1n1cccc(N)c1=O. The minimum Gasteiger partial charge on any atom is -0.394 e. The molecular weight excluding hydrogens is 208 g/mol. The van der Waals surface area contributed by atoms with E-state index in [2.05, 4.69) is 0 Å². The second-order valence-corrected chi connectivity index (χ2v) is 3.88. The highest BCUT2D eigenvalue weighted by molar-refractivity contribution is 5.33. The molecule has 1 aliphatic rings. The Kier molecular flexibility index (Phi) is 3.26. The van der Waals surface area contributed by atoms with E-state index in [1.165, 1.54) is 0 Å². The number of ether oxygens (including phenoxy) is 2. The lowest BCUT2D eigenvalue weighted by molar-refractivity contribution is -0.0608. The lowest BCUT2D eigenvalue weighted by atomic mass is 10.1. The second-order valence-electron chi connectivity index (χ2n) is 3.88. The van der Waals surface area contributed by atoms with Crippen molar-refractivity contribution in [3.8, 4) is 0 Å². The number of hydrogen-bond donors (Lipinski definition) is 1. The monoisotopic (exact) mass is 224 g/mol. The molecule has 1 unspecified atom stereocenters. The summed E-state index contributed by atoms with van der Waals surface area (Å²) in [5.74, 6) is 0. The average Bonchev–Trinajstić information content (AvgIpc) is 2.33. The molecule has 5 nitrogen and oxygen atoms in total. The molecule has 1 aromatic rings. The Morgan fingerprint density at radius 1 is 1.62 bits per heavy atom. The highest BCUT2D eigenvalue weighted by atomic mass is 16.5. The topological polar surface area (TPSA) is 66.5 Å². The van der Waals surface area contributed by atoms with Gasteiger partial charge in [-0.3, -0.25) is 4.79 Å². The summed E-state index contributed by atoms with van der Waals surface area (Å²) < 4.78 is 12.3. The van der Waals surface area contributed by atoms with Crippen molar-refractivity contribution in [2.24, 2.45) is 0 Å². The van der Waals surface area contributed by atoms with E-state index < -0.39 is 0 Å². The van der Waals surface area contributed by atoms with Crippen molar-refractivity contribution in [3.63, 3.8) is 0 Å². The molecule has 88 valence electrons. The number of nitrogens with zero attached hydrogens (tertiary/aromatic N) is 1. The summed E-state index contributed by atoms with van der Waals surface area (Å²) in [5, 5.41) is 0. The van der Waals surface area contributed by atoms with Crippen molar-refractivity contribution in [3.05, 3.63) is 28.7 Å². The van der Waals surface area contributed by atoms with Crippen LogP contribution >= 0.6 is 0 Å². The summed E-state index contributed by atoms with van der Waals surface area (Å²) >= 11 is 0. The largest absolute Gasteiger partial charge is 0.394 e. The third kappa shape index (κ3) is 1.96. The van der Waals surface area contributed by atoms with Crippen LogP contribution in [0.2, 0.25) is 0 Å². The van der Waals surface area contributed by atoms with E-state index in [1.807, 2.05) is 0 Å². The summed E-state index contributed by atoms with van der Waals surface area (Å²) in [6.07, 6.45) is 2.43. The van der Waals surface area contributed by atoms with Crippen molar-refractivity contribution >= 4 is 5.69 Å². The van der Waals surface area contributed by atoms with Gasteiger partial charge in [0.2, 0.25) is 0 Å². The quantitative estimate of drug-likeness (QED) is 0.790. The zero-order valence-electron chi connectivity index (χ0n) is 9.26. The van der Waals surface area contributed by atoms with Gasteiger partial charge < -0.3 is 19.8 Å². The van der Waals surface area contributed by atoms with Gasteiger partial charge in [0.05, 0.1) is 18.3 Å². The summed E-state index contributed by atoms with van der Waals surface area (Å²) in [5.41, 5.74) is 5.72. The summed E-state index contributed by atoms with van der Waals surface area (Å²) in [4.78, 5) is 11.9. The van der Waals surface area contributed by atoms with E-state index in [4.69, 9.17) is 15.2 Å². The summed E-state index contributed by atoms with van der Waals surface area (Å²) in [6.45, 7) is 1.16. The molecule has 0 saturated carbocycles. The number of nitrogen functional groups attached to an aromatic ring is 1. The molecule has 1 aliphatic heterocycles. The summed E-state index contributed by atoms with van der Waals surface area (Å²) in [7, 11) is 1.63. The second kappa shape index (κ2) is 4.67. The van der Waals surface area contributed by atoms with Crippen LogP contribution in [0.25, 0.3) is 0 Å². The molecule has 0 bridgehead atoms. The molecule has 0 radical (unpaired) electrons. The predicted molar refractivity (Wildman–Crippen MR) is 60.4 cm³/mol. The molecule has 0 amide bonds. The fourth-order valence-corrected chi connectivity index (χ4v) is 2.03. The lowest BCUT2D eigenvalue weighted by Gasteiger charge is -2.31. The van der Waals surface area contributed by atoms with Gasteiger partial charge in [0.25, 0.3) is 5.56 Å². The van der Waals surface area contributed by atoms with Gasteiger partial charge in [0.15, 0.2) is 0 Å². The fourth-order valence-electron chi connectivity index (χ4n) is 2.03. The van der Waals surface area contributed by atoms with E-state index >= 15 is 0 Å². The van der Waals surface area contributed by atoms with E-state index in [0.717, 1.165) is 6.42 Å². The molecule has 0 aromatic carbocycles. The Labute approximate surface area is 93.8 Å². The number of aromatic nitrogens is 1. The van der Waals surface area contributed by atoms with Crippen LogP contribution < -0.4 is 11.3 Å². The number of nitrogens with two attached hydrogens (primary N) is 1. The van der Waals surface area contributed by atoms with Crippen molar-refractivity contribution in [2.45, 2.75) is 18.6 Å². The molecule has 1 fully saturated rings. The number of methoxy groups -OCH3 is 1. The average molecular weight is 224 g/mol. The highest BCUT2D eigenvalue weighted by Crippen LogP contribution is 2.22. The molecule has 5 heteroatoms. The van der Waals surface area contributed by atoms with Gasteiger partial charge in [-0.2, -0.15) is 0 Å². The first kappa shape index (κ1) is 11.2. The number of pyridine rings is 1. The smallest absolute Gasteiger partial charge is 0.274 e. The minimum absolute atomic E-state index is 0.00903. The van der Waals surface area contributed by atoms with E-state index in [0.29, 0.717) is 13.2 Å². The first-order valence-electron chi connectivity index (χ1n) is 5.31. The zero-order chi connectivity index (χ0) is 11.5. The van der Waals surface area contributed by atoms with Crippen LogP contribution in [0.15, 0.2) is 23.1 Å². The maximum Gasteiger partial charge on any atom is 0.274 e. The molecule has 0 spiro atoms. The highest BCUT2D eigenvalue weighted by Gasteiger charge is 2.27. The minimum atomic E-state index is -0.156. The van der Waals surface area contributed by atoms with Gasteiger partial charge in [0.1, 0.15) is 6.10 Å². The standard InChI is InChI=1S/C11H16N2O3/c1-15-10-7-16-6-4-9(10)13-5-2-3-8(12)11(13)14/h2-3,5,9-10H,4,6-7,12H2,1H3/t9?,10-/m1/s1. The maximum atomic E-state index is 11.9. The Balaban J connectivity index is 2.34. The first-order chi connectivity index (χ1) is 7.74. The molecule has 2 N–H and O–H groups in total. The van der Waals surface area contributed by atoms with E-state index in [9.17, 15) is 4.79 Å². The van der Waals surface area contributed by atoms with Crippen LogP contribution in [0.5, 0.6) is 0 Å². The lowest BCUT2D eigenvalue weighted by Crippen LogP contribution is -2.40. The van der Waals surface area contributed by atoms with Crippen LogP contribution in [0.3, 0.4) is 0 Å². The molecular formula is C11H16N2O3. The fraction of sp³-hybridized carbons (Fsp3) is 0.545. The van der Waals surface area contributed by atoms with Gasteiger partial charge >= 0.3 is 0 Å². The van der Waals surface area contributed by atoms with Gasteiger partial charge in [-0.25, -0.2) is 0 Å². The van der Waals surface area contributed by atoms with Crippen molar-refractivity contribution in [1.82, 2.24) is 4.57 Å². The van der Waals surface area contributed by atoms with Crippen LogP contribution in [-0.4, -0.2) is 31.0 Å². The van der Waals surface area contributed by atoms with Gasteiger partial charge in [-0.05, 0) is 18.6 Å². The Morgan fingerprint density at radius 3 is 3.19 bits per heavy atom. The first-order valence-corrected chi connectivity index (χ1v) is 5.31. The normalized spacial score (nSPS) is 25.6. The van der Waals surface area contributed by atoms with Gasteiger partial charge in [-0.1, -0.05) is 0 Å². The van der Waals surface area contributed by atoms with Crippen LogP contribution in [0.4, 0.5) is 5.69 Å². The van der Waals surface area contributed by atoms with Gasteiger partial charge in [0, 0.05) is 19.9 Å². The Hall–Kier alpha value is -1.33. The molecule has 2 atom stereocenters. The van der Waals surface area contributed by atoms with Crippen molar-refractivity contribution < 1.29 is 9.47 Å². The summed E-state index contributed by atoms with van der Waals surface area (Å²) in [6, 6.07) is 3.40. The van der Waals surface area contributed by atoms with Crippen molar-refractivity contribution in [1.29, 1.82) is 0 Å².